The molecule has 0 aromatic heterocycles. The van der Waals surface area contributed by atoms with Gasteiger partial charge in [-0.3, -0.25) is 0 Å². The molecule has 5 heteroatoms. The second-order valence-electron chi connectivity index (χ2n) is 4.37. The van der Waals surface area contributed by atoms with Crippen molar-refractivity contribution in [2.75, 3.05) is 17.6 Å². The Morgan fingerprint density at radius 3 is 2.50 bits per heavy atom. The van der Waals surface area contributed by atoms with Crippen LogP contribution in [-0.4, -0.2) is 17.5 Å². The van der Waals surface area contributed by atoms with Gasteiger partial charge in [0.1, 0.15) is 0 Å². The molecule has 1 aromatic rings. The molecule has 0 atom stereocenters. The van der Waals surface area contributed by atoms with Gasteiger partial charge in [-0.05, 0) is 29.9 Å². The first-order chi connectivity index (χ1) is 8.30. The number of aryl methyl sites for hydroxylation is 1. The summed E-state index contributed by atoms with van der Waals surface area (Å²) in [6.45, 7) is 6.67. The van der Waals surface area contributed by atoms with Gasteiger partial charge in [-0.15, -0.1) is 0 Å². The minimum absolute atomic E-state index is 0.536. The first-order valence-electron chi connectivity index (χ1n) is 5.84. The van der Waals surface area contributed by atoms with Crippen molar-refractivity contribution >= 4 is 17.4 Å². The van der Waals surface area contributed by atoms with Crippen LogP contribution in [0.1, 0.15) is 25.0 Å². The predicted molar refractivity (Wildman–Crippen MR) is 72.3 cm³/mol. The smallest absolute Gasteiger partial charge is 0.384 e. The molecule has 0 aliphatic heterocycles. The highest BCUT2D eigenvalue weighted by atomic mass is 32.2. The standard InChI is InChI=1S/C13H18F3NS/c1-9(2)18-7-6-17-12-8-11(13(14,15)16)5-4-10(12)3/h4-5,8-9,17H,6-7H2,1-3H3. The number of halogens is 3. The summed E-state index contributed by atoms with van der Waals surface area (Å²) in [5.41, 5.74) is 0.791. The van der Waals surface area contributed by atoms with E-state index in [0.29, 0.717) is 17.5 Å². The number of alkyl halides is 3. The van der Waals surface area contributed by atoms with Crippen LogP contribution in [0.15, 0.2) is 18.2 Å². The van der Waals surface area contributed by atoms with Crippen molar-refractivity contribution in [1.29, 1.82) is 0 Å². The molecule has 18 heavy (non-hydrogen) atoms. The average molecular weight is 277 g/mol. The van der Waals surface area contributed by atoms with Crippen LogP contribution >= 0.6 is 11.8 Å². The molecule has 0 aliphatic rings. The van der Waals surface area contributed by atoms with Crippen LogP contribution in [0.25, 0.3) is 0 Å². The van der Waals surface area contributed by atoms with Gasteiger partial charge in [-0.2, -0.15) is 24.9 Å². The van der Waals surface area contributed by atoms with Gasteiger partial charge in [0.2, 0.25) is 0 Å². The van der Waals surface area contributed by atoms with Gasteiger partial charge >= 0.3 is 6.18 Å². The van der Waals surface area contributed by atoms with E-state index >= 15 is 0 Å². The number of thioether (sulfide) groups is 1. The van der Waals surface area contributed by atoms with Gasteiger partial charge in [-0.25, -0.2) is 0 Å². The SMILES string of the molecule is Cc1ccc(C(F)(F)F)cc1NCCSC(C)C. The number of anilines is 1. The van der Waals surface area contributed by atoms with Gasteiger partial charge in [0, 0.05) is 18.0 Å². The summed E-state index contributed by atoms with van der Waals surface area (Å²) in [5.74, 6) is 0.882. The monoisotopic (exact) mass is 277 g/mol. The molecule has 0 saturated heterocycles. The molecule has 1 N–H and O–H groups in total. The van der Waals surface area contributed by atoms with Crippen molar-refractivity contribution in [2.45, 2.75) is 32.2 Å². The maximum atomic E-state index is 12.6. The van der Waals surface area contributed by atoms with Gasteiger partial charge < -0.3 is 5.32 Å². The van der Waals surface area contributed by atoms with Crippen LogP contribution in [0.2, 0.25) is 0 Å². The van der Waals surface area contributed by atoms with E-state index < -0.39 is 11.7 Å². The van der Waals surface area contributed by atoms with Crippen molar-refractivity contribution in [3.63, 3.8) is 0 Å². The highest BCUT2D eigenvalue weighted by Gasteiger charge is 2.30. The summed E-state index contributed by atoms with van der Waals surface area (Å²) < 4.78 is 37.7. The molecule has 0 bridgehead atoms. The minimum Gasteiger partial charge on any atom is -0.384 e. The third kappa shape index (κ3) is 4.80. The Morgan fingerprint density at radius 1 is 1.28 bits per heavy atom. The quantitative estimate of drug-likeness (QED) is 0.791. The summed E-state index contributed by atoms with van der Waals surface area (Å²) in [6, 6.07) is 3.79. The summed E-state index contributed by atoms with van der Waals surface area (Å²) >= 11 is 1.78. The van der Waals surface area contributed by atoms with Crippen LogP contribution in [0.4, 0.5) is 18.9 Å². The topological polar surface area (TPSA) is 12.0 Å². The van der Waals surface area contributed by atoms with Gasteiger partial charge in [-0.1, -0.05) is 19.9 Å². The Balaban J connectivity index is 2.64. The van der Waals surface area contributed by atoms with E-state index in [1.165, 1.54) is 12.1 Å². The van der Waals surface area contributed by atoms with Crippen LogP contribution in [-0.2, 0) is 6.18 Å². The average Bonchev–Trinajstić information content (AvgIpc) is 2.24. The van der Waals surface area contributed by atoms with Gasteiger partial charge in [0.15, 0.2) is 0 Å². The van der Waals surface area contributed by atoms with E-state index in [2.05, 4.69) is 19.2 Å². The van der Waals surface area contributed by atoms with Crippen molar-refractivity contribution in [2.24, 2.45) is 0 Å². The molecular formula is C13H18F3NS. The largest absolute Gasteiger partial charge is 0.416 e. The second kappa shape index (κ2) is 6.36. The molecule has 0 spiro atoms. The van der Waals surface area contributed by atoms with E-state index in [4.69, 9.17) is 0 Å². The number of hydrogen-bond acceptors (Lipinski definition) is 2. The van der Waals surface area contributed by atoms with E-state index in [1.807, 2.05) is 0 Å². The molecular weight excluding hydrogens is 259 g/mol. The second-order valence-corrected chi connectivity index (χ2v) is 6.06. The lowest BCUT2D eigenvalue weighted by Crippen LogP contribution is -2.10. The van der Waals surface area contributed by atoms with Gasteiger partial charge in [0.25, 0.3) is 0 Å². The lowest BCUT2D eigenvalue weighted by Gasteiger charge is -2.13. The maximum Gasteiger partial charge on any atom is 0.416 e. The van der Waals surface area contributed by atoms with Crippen LogP contribution in [0.3, 0.4) is 0 Å². The highest BCUT2D eigenvalue weighted by Crippen LogP contribution is 2.32. The number of hydrogen-bond donors (Lipinski definition) is 1. The maximum absolute atomic E-state index is 12.6. The molecule has 0 saturated carbocycles. The zero-order chi connectivity index (χ0) is 13.8. The first kappa shape index (κ1) is 15.2. The van der Waals surface area contributed by atoms with Crippen LogP contribution < -0.4 is 5.32 Å². The lowest BCUT2D eigenvalue weighted by molar-refractivity contribution is -0.137. The molecule has 1 aromatic carbocycles. The fourth-order valence-corrected chi connectivity index (χ4v) is 2.16. The predicted octanol–water partition coefficient (Wildman–Crippen LogP) is 4.57. The van der Waals surface area contributed by atoms with Gasteiger partial charge in [0.05, 0.1) is 5.56 Å². The minimum atomic E-state index is -4.28. The zero-order valence-corrected chi connectivity index (χ0v) is 11.6. The summed E-state index contributed by atoms with van der Waals surface area (Å²) in [6.07, 6.45) is -4.28. The van der Waals surface area contributed by atoms with E-state index in [-0.39, 0.29) is 0 Å². The zero-order valence-electron chi connectivity index (χ0n) is 10.8. The van der Waals surface area contributed by atoms with E-state index in [1.54, 1.807) is 18.7 Å². The molecule has 0 fully saturated rings. The summed E-state index contributed by atoms with van der Waals surface area (Å²) in [7, 11) is 0. The van der Waals surface area contributed by atoms with Crippen molar-refractivity contribution < 1.29 is 13.2 Å². The number of nitrogens with one attached hydrogen (secondary N) is 1. The molecule has 0 unspecified atom stereocenters. The van der Waals surface area contributed by atoms with Crippen molar-refractivity contribution in [1.82, 2.24) is 0 Å². The highest BCUT2D eigenvalue weighted by molar-refractivity contribution is 7.99. The molecule has 0 radical (unpaired) electrons. The van der Waals surface area contributed by atoms with E-state index in [0.717, 1.165) is 17.4 Å². The fourth-order valence-electron chi connectivity index (χ4n) is 1.47. The Labute approximate surface area is 110 Å². The molecule has 0 aliphatic carbocycles. The molecule has 0 amide bonds. The van der Waals surface area contributed by atoms with Crippen LogP contribution in [0, 0.1) is 6.92 Å². The van der Waals surface area contributed by atoms with Crippen molar-refractivity contribution in [3.8, 4) is 0 Å². The Bertz CT molecular complexity index is 388. The normalized spacial score (nSPS) is 11.9. The summed E-state index contributed by atoms with van der Waals surface area (Å²) in [4.78, 5) is 0. The Morgan fingerprint density at radius 2 is 1.94 bits per heavy atom. The third-order valence-electron chi connectivity index (χ3n) is 2.43. The molecule has 1 rings (SSSR count). The first-order valence-corrected chi connectivity index (χ1v) is 6.89. The number of rotatable bonds is 5. The van der Waals surface area contributed by atoms with E-state index in [9.17, 15) is 13.2 Å². The fraction of sp³-hybridized carbons (Fsp3) is 0.538. The lowest BCUT2D eigenvalue weighted by atomic mass is 10.1. The molecule has 1 nitrogen and oxygen atoms in total. The Hall–Kier alpha value is -0.840. The molecule has 0 heterocycles. The van der Waals surface area contributed by atoms with Crippen molar-refractivity contribution in [3.05, 3.63) is 29.3 Å². The third-order valence-corrected chi connectivity index (χ3v) is 3.54. The molecule has 102 valence electrons. The Kier molecular flexibility index (Phi) is 5.38. The number of benzene rings is 1. The summed E-state index contributed by atoms with van der Waals surface area (Å²) in [5, 5.41) is 3.60. The van der Waals surface area contributed by atoms with Crippen LogP contribution in [0.5, 0.6) is 0 Å².